The van der Waals surface area contributed by atoms with Crippen molar-refractivity contribution in [3.8, 4) is 11.8 Å². The average molecular weight is 297 g/mol. The summed E-state index contributed by atoms with van der Waals surface area (Å²) in [4.78, 5) is 0. The molecule has 110 valence electrons. The Morgan fingerprint density at radius 1 is 1.30 bits per heavy atom. The number of hydrogen-bond donors (Lipinski definition) is 1. The van der Waals surface area contributed by atoms with E-state index in [4.69, 9.17) is 10.00 Å². The van der Waals surface area contributed by atoms with Gasteiger partial charge in [-0.15, -0.1) is 0 Å². The molecular weight excluding hydrogens is 278 g/mol. The summed E-state index contributed by atoms with van der Waals surface area (Å²) in [6.45, 7) is 1.01. The molecule has 6 nitrogen and oxygen atoms in total. The molecule has 0 aliphatic carbocycles. The summed E-state index contributed by atoms with van der Waals surface area (Å²) in [6, 6.07) is 9.22. The van der Waals surface area contributed by atoms with Crippen LogP contribution >= 0.6 is 0 Å². The van der Waals surface area contributed by atoms with E-state index in [0.717, 1.165) is 5.56 Å². The molecule has 0 saturated carbocycles. The fourth-order valence-corrected chi connectivity index (χ4v) is 2.20. The third kappa shape index (κ3) is 5.57. The van der Waals surface area contributed by atoms with E-state index in [-0.39, 0.29) is 12.4 Å². The van der Waals surface area contributed by atoms with Gasteiger partial charge in [-0.1, -0.05) is 12.1 Å². The van der Waals surface area contributed by atoms with Gasteiger partial charge in [-0.2, -0.15) is 5.26 Å². The maximum absolute atomic E-state index is 11.5. The zero-order valence-electron chi connectivity index (χ0n) is 11.7. The van der Waals surface area contributed by atoms with Crippen molar-refractivity contribution < 1.29 is 13.2 Å². The van der Waals surface area contributed by atoms with Crippen molar-refractivity contribution in [2.45, 2.75) is 6.54 Å². The Bertz CT molecular complexity index is 547. The van der Waals surface area contributed by atoms with Crippen LogP contribution in [0.4, 0.5) is 0 Å². The number of nitrogens with one attached hydrogen (secondary N) is 1. The van der Waals surface area contributed by atoms with Crippen molar-refractivity contribution >= 4 is 10.0 Å². The van der Waals surface area contributed by atoms with Crippen LogP contribution in [0.5, 0.6) is 5.75 Å². The molecule has 20 heavy (non-hydrogen) atoms. The highest BCUT2D eigenvalue weighted by molar-refractivity contribution is 7.89. The normalized spacial score (nSPS) is 11.3. The molecule has 1 rings (SSSR count). The van der Waals surface area contributed by atoms with Gasteiger partial charge in [0.1, 0.15) is 11.8 Å². The maximum atomic E-state index is 11.5. The van der Waals surface area contributed by atoms with Gasteiger partial charge >= 0.3 is 0 Å². The average Bonchev–Trinajstić information content (AvgIpc) is 2.42. The quantitative estimate of drug-likeness (QED) is 0.709. The van der Waals surface area contributed by atoms with Gasteiger partial charge in [-0.25, -0.2) is 12.7 Å². The van der Waals surface area contributed by atoms with Crippen LogP contribution in [-0.2, 0) is 16.6 Å². The van der Waals surface area contributed by atoms with Crippen molar-refractivity contribution in [1.29, 1.82) is 5.26 Å². The first-order chi connectivity index (χ1) is 9.45. The molecule has 0 aromatic heterocycles. The second kappa shape index (κ2) is 7.85. The van der Waals surface area contributed by atoms with Gasteiger partial charge in [0, 0.05) is 27.2 Å². The van der Waals surface area contributed by atoms with Crippen molar-refractivity contribution in [1.82, 2.24) is 9.62 Å². The second-order valence-electron chi connectivity index (χ2n) is 4.37. The smallest absolute Gasteiger partial charge is 0.214 e. The Balaban J connectivity index is 2.34. The summed E-state index contributed by atoms with van der Waals surface area (Å²) in [7, 11) is -0.103. The zero-order valence-corrected chi connectivity index (χ0v) is 12.5. The van der Waals surface area contributed by atoms with Crippen LogP contribution in [0.3, 0.4) is 0 Å². The molecule has 1 N–H and O–H groups in total. The van der Waals surface area contributed by atoms with E-state index in [9.17, 15) is 8.42 Å². The molecule has 1 aromatic rings. The van der Waals surface area contributed by atoms with Gasteiger partial charge in [0.05, 0.1) is 5.75 Å². The number of rotatable bonds is 8. The third-order valence-electron chi connectivity index (χ3n) is 2.65. The van der Waals surface area contributed by atoms with E-state index >= 15 is 0 Å². The molecule has 7 heteroatoms. The van der Waals surface area contributed by atoms with Gasteiger partial charge in [0.15, 0.2) is 6.61 Å². The summed E-state index contributed by atoms with van der Waals surface area (Å²) in [5.41, 5.74) is 1.02. The van der Waals surface area contributed by atoms with Crippen molar-refractivity contribution in [2.75, 3.05) is 33.0 Å². The molecule has 0 saturated heterocycles. The first-order valence-corrected chi connectivity index (χ1v) is 7.76. The molecule has 0 fully saturated rings. The molecule has 0 aliphatic heterocycles. The molecule has 0 atom stereocenters. The predicted octanol–water partition coefficient (Wildman–Crippen LogP) is 0.570. The highest BCUT2D eigenvalue weighted by atomic mass is 32.2. The lowest BCUT2D eigenvalue weighted by molar-refractivity contribution is 0.368. The minimum Gasteiger partial charge on any atom is -0.479 e. The molecule has 0 radical (unpaired) electrons. The monoisotopic (exact) mass is 297 g/mol. The van der Waals surface area contributed by atoms with Gasteiger partial charge in [0.25, 0.3) is 0 Å². The lowest BCUT2D eigenvalue weighted by Gasteiger charge is -2.11. The van der Waals surface area contributed by atoms with Crippen LogP contribution in [0.15, 0.2) is 24.3 Å². The first kappa shape index (κ1) is 16.4. The zero-order chi connectivity index (χ0) is 15.0. The molecule has 1 aromatic carbocycles. The molecule has 0 bridgehead atoms. The maximum Gasteiger partial charge on any atom is 0.214 e. The number of hydrogen-bond acceptors (Lipinski definition) is 5. The second-order valence-corrected chi connectivity index (χ2v) is 6.67. The van der Waals surface area contributed by atoms with Gasteiger partial charge < -0.3 is 10.1 Å². The highest BCUT2D eigenvalue weighted by Crippen LogP contribution is 2.11. The van der Waals surface area contributed by atoms with E-state index < -0.39 is 10.0 Å². The highest BCUT2D eigenvalue weighted by Gasteiger charge is 2.12. The topological polar surface area (TPSA) is 82.4 Å². The van der Waals surface area contributed by atoms with E-state index in [1.165, 1.54) is 18.4 Å². The Labute approximate surface area is 120 Å². The third-order valence-corrected chi connectivity index (χ3v) is 4.48. The molecular formula is C13H19N3O3S. The molecule has 0 aliphatic rings. The van der Waals surface area contributed by atoms with E-state index in [1.807, 2.05) is 18.2 Å². The van der Waals surface area contributed by atoms with Crippen molar-refractivity contribution in [3.63, 3.8) is 0 Å². The van der Waals surface area contributed by atoms with Gasteiger partial charge in [-0.3, -0.25) is 0 Å². The van der Waals surface area contributed by atoms with Crippen molar-refractivity contribution in [3.05, 3.63) is 29.8 Å². The lowest BCUT2D eigenvalue weighted by atomic mass is 10.2. The van der Waals surface area contributed by atoms with E-state index in [0.29, 0.717) is 18.8 Å². The minimum atomic E-state index is -3.15. The summed E-state index contributed by atoms with van der Waals surface area (Å²) in [5.74, 6) is 0.717. The lowest BCUT2D eigenvalue weighted by Crippen LogP contribution is -2.30. The molecule has 0 heterocycles. The van der Waals surface area contributed by atoms with E-state index in [1.54, 1.807) is 12.1 Å². The minimum absolute atomic E-state index is 0.0278. The van der Waals surface area contributed by atoms with Crippen LogP contribution < -0.4 is 10.1 Å². The van der Waals surface area contributed by atoms with E-state index in [2.05, 4.69) is 5.32 Å². The fraction of sp³-hybridized carbons (Fsp3) is 0.462. The van der Waals surface area contributed by atoms with Crippen LogP contribution in [0.2, 0.25) is 0 Å². The van der Waals surface area contributed by atoms with Crippen LogP contribution in [-0.4, -0.2) is 45.7 Å². The summed E-state index contributed by atoms with van der Waals surface area (Å²) < 4.78 is 29.4. The number of sulfonamides is 1. The standard InChI is InChI=1S/C13H19N3O3S/c1-16(2)20(17,18)10-8-15-11-12-3-5-13(6-4-12)19-9-7-14/h3-6,15H,8-11H2,1-2H3. The Morgan fingerprint density at radius 2 is 1.95 bits per heavy atom. The van der Waals surface area contributed by atoms with Crippen LogP contribution in [0.1, 0.15) is 5.56 Å². The number of nitrogens with zero attached hydrogens (tertiary/aromatic N) is 2. The van der Waals surface area contributed by atoms with Gasteiger partial charge in [-0.05, 0) is 17.7 Å². The molecule has 0 amide bonds. The van der Waals surface area contributed by atoms with Crippen molar-refractivity contribution in [2.24, 2.45) is 0 Å². The predicted molar refractivity (Wildman–Crippen MR) is 76.7 cm³/mol. The van der Waals surface area contributed by atoms with Gasteiger partial charge in [0.2, 0.25) is 10.0 Å². The van der Waals surface area contributed by atoms with Crippen LogP contribution in [0, 0.1) is 11.3 Å². The van der Waals surface area contributed by atoms with Crippen LogP contribution in [0.25, 0.3) is 0 Å². The first-order valence-electron chi connectivity index (χ1n) is 6.15. The fourth-order valence-electron chi connectivity index (χ4n) is 1.44. The number of ether oxygens (including phenoxy) is 1. The summed E-state index contributed by atoms with van der Waals surface area (Å²) in [5, 5.41) is 11.5. The SMILES string of the molecule is CN(C)S(=O)(=O)CCNCc1ccc(OCC#N)cc1. The Morgan fingerprint density at radius 3 is 2.50 bits per heavy atom. The Kier molecular flexibility index (Phi) is 6.45. The summed E-state index contributed by atoms with van der Waals surface area (Å²) in [6.07, 6.45) is 0. The number of nitriles is 1. The summed E-state index contributed by atoms with van der Waals surface area (Å²) >= 11 is 0. The largest absolute Gasteiger partial charge is 0.479 e. The Hall–Kier alpha value is -1.62. The number of benzene rings is 1. The molecule has 0 unspecified atom stereocenters. The molecule has 0 spiro atoms.